The quantitative estimate of drug-likeness (QED) is 0.595. The Kier molecular flexibility index (Phi) is 6.31. The van der Waals surface area contributed by atoms with Crippen LogP contribution >= 0.6 is 0 Å². The fourth-order valence-corrected chi connectivity index (χ4v) is 4.70. The van der Waals surface area contributed by atoms with E-state index in [-0.39, 0.29) is 29.7 Å². The first-order valence-corrected chi connectivity index (χ1v) is 10.5. The molecule has 2 aromatic rings. The van der Waals surface area contributed by atoms with Gasteiger partial charge in [0, 0.05) is 25.1 Å². The molecule has 2 fully saturated rings. The second-order valence-corrected chi connectivity index (χ2v) is 7.69. The van der Waals surface area contributed by atoms with E-state index in [1.165, 1.54) is 0 Å². The Labute approximate surface area is 182 Å². The summed E-state index contributed by atoms with van der Waals surface area (Å²) in [5.74, 6) is 1.36. The molecule has 4 unspecified atom stereocenters. The van der Waals surface area contributed by atoms with Gasteiger partial charge in [0.15, 0.2) is 11.5 Å². The number of fused-ring (bicyclic) bond motifs is 1. The van der Waals surface area contributed by atoms with Crippen LogP contribution in [-0.4, -0.2) is 55.9 Å². The lowest BCUT2D eigenvalue weighted by Crippen LogP contribution is -2.42. The van der Waals surface area contributed by atoms with E-state index in [4.69, 9.17) is 14.2 Å². The van der Waals surface area contributed by atoms with E-state index in [2.05, 4.69) is 10.9 Å². The number of benzene rings is 2. The summed E-state index contributed by atoms with van der Waals surface area (Å²) in [6.45, 7) is 3.36. The molecule has 0 radical (unpaired) electrons. The fourth-order valence-electron chi connectivity index (χ4n) is 4.70. The normalized spacial score (nSPS) is 25.0. The van der Waals surface area contributed by atoms with Crippen molar-refractivity contribution in [3.63, 3.8) is 0 Å². The summed E-state index contributed by atoms with van der Waals surface area (Å²) in [7, 11) is 3.23. The number of likely N-dealkylation sites (tertiary alicyclic amines) is 1. The van der Waals surface area contributed by atoms with Gasteiger partial charge in [-0.15, -0.1) is 0 Å². The standard InChI is InChI=1S/C23H29N3O5/c1-4-31-17-10-9-14(13-18(17)30-3)22-19-20(15-7-5-6-8-16(15)27)24-25-21(19)23(28)26(22)11-12-29-2/h5-10,13,19-22,24-25,27H,4,11-12H2,1-3H3. The van der Waals surface area contributed by atoms with Gasteiger partial charge in [-0.1, -0.05) is 24.3 Å². The second kappa shape index (κ2) is 9.13. The van der Waals surface area contributed by atoms with E-state index < -0.39 is 6.04 Å². The number of nitrogens with one attached hydrogen (secondary N) is 2. The Morgan fingerprint density at radius 2 is 1.84 bits per heavy atom. The Morgan fingerprint density at radius 1 is 1.06 bits per heavy atom. The van der Waals surface area contributed by atoms with Gasteiger partial charge in [-0.25, -0.2) is 10.9 Å². The summed E-state index contributed by atoms with van der Waals surface area (Å²) < 4.78 is 16.5. The molecule has 0 aliphatic carbocycles. The minimum Gasteiger partial charge on any atom is -0.508 e. The third-order valence-electron chi connectivity index (χ3n) is 6.05. The van der Waals surface area contributed by atoms with Crippen LogP contribution in [0, 0.1) is 5.92 Å². The topological polar surface area (TPSA) is 92.3 Å². The summed E-state index contributed by atoms with van der Waals surface area (Å²) in [5.41, 5.74) is 8.10. The zero-order valence-corrected chi connectivity index (χ0v) is 18.0. The van der Waals surface area contributed by atoms with Gasteiger partial charge < -0.3 is 24.2 Å². The summed E-state index contributed by atoms with van der Waals surface area (Å²) in [4.78, 5) is 15.2. The smallest absolute Gasteiger partial charge is 0.242 e. The monoisotopic (exact) mass is 427 g/mol. The maximum Gasteiger partial charge on any atom is 0.242 e. The highest BCUT2D eigenvalue weighted by Crippen LogP contribution is 2.49. The minimum absolute atomic E-state index is 0.00493. The molecule has 2 heterocycles. The highest BCUT2D eigenvalue weighted by molar-refractivity contribution is 5.86. The zero-order chi connectivity index (χ0) is 22.0. The van der Waals surface area contributed by atoms with Crippen molar-refractivity contribution in [2.75, 3.05) is 34.0 Å². The molecule has 4 rings (SSSR count). The number of rotatable bonds is 8. The maximum absolute atomic E-state index is 13.3. The molecule has 4 atom stereocenters. The van der Waals surface area contributed by atoms with E-state index in [1.807, 2.05) is 42.2 Å². The lowest BCUT2D eigenvalue weighted by molar-refractivity contribution is -0.131. The molecule has 2 saturated heterocycles. The number of carbonyl (C=O) groups is 1. The van der Waals surface area contributed by atoms with E-state index in [9.17, 15) is 9.90 Å². The molecule has 1 amide bonds. The Bertz CT molecular complexity index is 937. The second-order valence-electron chi connectivity index (χ2n) is 7.69. The van der Waals surface area contributed by atoms with Crippen LogP contribution in [0.2, 0.25) is 0 Å². The summed E-state index contributed by atoms with van der Waals surface area (Å²) in [6, 6.07) is 12.1. The van der Waals surface area contributed by atoms with Crippen LogP contribution in [0.1, 0.15) is 30.1 Å². The average Bonchev–Trinajstić information content (AvgIpc) is 3.32. The number of para-hydroxylation sites is 1. The molecule has 0 saturated carbocycles. The van der Waals surface area contributed by atoms with Gasteiger partial charge in [-0.3, -0.25) is 4.79 Å². The largest absolute Gasteiger partial charge is 0.508 e. The highest BCUT2D eigenvalue weighted by atomic mass is 16.5. The minimum atomic E-state index is -0.413. The third kappa shape index (κ3) is 3.82. The van der Waals surface area contributed by atoms with Gasteiger partial charge in [0.25, 0.3) is 0 Å². The van der Waals surface area contributed by atoms with Crippen LogP contribution in [0.4, 0.5) is 0 Å². The Balaban J connectivity index is 1.77. The van der Waals surface area contributed by atoms with Crippen LogP contribution < -0.4 is 20.3 Å². The van der Waals surface area contributed by atoms with E-state index in [1.54, 1.807) is 26.4 Å². The lowest BCUT2D eigenvalue weighted by atomic mass is 9.83. The van der Waals surface area contributed by atoms with Gasteiger partial charge in [0.2, 0.25) is 5.91 Å². The van der Waals surface area contributed by atoms with Gasteiger partial charge >= 0.3 is 0 Å². The van der Waals surface area contributed by atoms with Crippen molar-refractivity contribution in [3.8, 4) is 17.2 Å². The van der Waals surface area contributed by atoms with Crippen molar-refractivity contribution in [3.05, 3.63) is 53.6 Å². The number of nitrogens with zero attached hydrogens (tertiary/aromatic N) is 1. The van der Waals surface area contributed by atoms with Crippen LogP contribution in [-0.2, 0) is 9.53 Å². The van der Waals surface area contributed by atoms with Gasteiger partial charge in [-0.2, -0.15) is 0 Å². The molecule has 0 bridgehead atoms. The van der Waals surface area contributed by atoms with Gasteiger partial charge in [-0.05, 0) is 30.7 Å². The van der Waals surface area contributed by atoms with Crippen molar-refractivity contribution >= 4 is 5.91 Å². The molecule has 2 aromatic carbocycles. The number of hydrogen-bond acceptors (Lipinski definition) is 7. The molecule has 2 aliphatic heterocycles. The van der Waals surface area contributed by atoms with Gasteiger partial charge in [0.05, 0.1) is 32.4 Å². The lowest BCUT2D eigenvalue weighted by Gasteiger charge is -2.31. The molecule has 166 valence electrons. The third-order valence-corrected chi connectivity index (χ3v) is 6.05. The first-order chi connectivity index (χ1) is 15.1. The van der Waals surface area contributed by atoms with E-state index in [0.29, 0.717) is 31.3 Å². The molecule has 0 spiro atoms. The molecule has 2 aliphatic rings. The molecule has 0 aromatic heterocycles. The number of phenolic OH excluding ortho intramolecular Hbond substituents is 1. The summed E-state index contributed by atoms with van der Waals surface area (Å²) in [6.07, 6.45) is 0. The summed E-state index contributed by atoms with van der Waals surface area (Å²) >= 11 is 0. The maximum atomic E-state index is 13.3. The first-order valence-electron chi connectivity index (χ1n) is 10.5. The molecule has 8 nitrogen and oxygen atoms in total. The predicted molar refractivity (Wildman–Crippen MR) is 115 cm³/mol. The van der Waals surface area contributed by atoms with Crippen LogP contribution in [0.5, 0.6) is 17.2 Å². The number of hydrazine groups is 1. The molecule has 8 heteroatoms. The van der Waals surface area contributed by atoms with Crippen molar-refractivity contribution in [2.45, 2.75) is 25.0 Å². The van der Waals surface area contributed by atoms with Crippen LogP contribution in [0.3, 0.4) is 0 Å². The number of amides is 1. The molecular formula is C23H29N3O5. The van der Waals surface area contributed by atoms with Gasteiger partial charge in [0.1, 0.15) is 11.8 Å². The van der Waals surface area contributed by atoms with Crippen molar-refractivity contribution in [2.24, 2.45) is 5.92 Å². The zero-order valence-electron chi connectivity index (χ0n) is 18.0. The molecule has 31 heavy (non-hydrogen) atoms. The fraction of sp³-hybridized carbons (Fsp3) is 0.435. The van der Waals surface area contributed by atoms with E-state index >= 15 is 0 Å². The predicted octanol–water partition coefficient (Wildman–Crippen LogP) is 2.16. The SMILES string of the molecule is CCOc1ccc(C2C3C(NNC3c3ccccc3O)C(=O)N2CCOC)cc1OC. The van der Waals surface area contributed by atoms with Crippen molar-refractivity contribution in [1.29, 1.82) is 0 Å². The van der Waals surface area contributed by atoms with Crippen molar-refractivity contribution < 1.29 is 24.1 Å². The molecule has 3 N–H and O–H groups in total. The van der Waals surface area contributed by atoms with Crippen molar-refractivity contribution in [1.82, 2.24) is 15.8 Å². The van der Waals surface area contributed by atoms with Crippen LogP contribution in [0.15, 0.2) is 42.5 Å². The number of ether oxygens (including phenoxy) is 3. The highest BCUT2D eigenvalue weighted by Gasteiger charge is 2.55. The number of hydrogen-bond donors (Lipinski definition) is 3. The number of carbonyl (C=O) groups excluding carboxylic acids is 1. The average molecular weight is 428 g/mol. The van der Waals surface area contributed by atoms with Crippen LogP contribution in [0.25, 0.3) is 0 Å². The van der Waals surface area contributed by atoms with E-state index in [0.717, 1.165) is 11.1 Å². The Morgan fingerprint density at radius 3 is 2.55 bits per heavy atom. The Hall–Kier alpha value is -2.81. The number of aromatic hydroxyl groups is 1. The molecular weight excluding hydrogens is 398 g/mol. The number of methoxy groups -OCH3 is 2. The summed E-state index contributed by atoms with van der Waals surface area (Å²) in [5, 5.41) is 10.5. The first kappa shape index (κ1) is 21.4. The number of phenols is 1.